The van der Waals surface area contributed by atoms with Gasteiger partial charge < -0.3 is 15.2 Å². The quantitative estimate of drug-likeness (QED) is 0.219. The number of aromatic nitrogens is 3. The highest BCUT2D eigenvalue weighted by Crippen LogP contribution is 2.36. The number of pyridine rings is 1. The summed E-state index contributed by atoms with van der Waals surface area (Å²) in [4.78, 5) is 46.9. The zero-order valence-electron chi connectivity index (χ0n) is 22.6. The average Bonchev–Trinajstić information content (AvgIpc) is 3.29. The number of halogens is 6. The molecular weight excluding hydrogens is 597 g/mol. The molecule has 0 bridgehead atoms. The van der Waals surface area contributed by atoms with E-state index in [9.17, 15) is 36.3 Å². The van der Waals surface area contributed by atoms with Crippen LogP contribution in [0.15, 0.2) is 60.9 Å². The molecule has 0 spiro atoms. The molecule has 4 aromatic rings. The van der Waals surface area contributed by atoms with Crippen LogP contribution in [0.25, 0.3) is 0 Å². The molecule has 2 heterocycles. The topological polar surface area (TPSA) is 106 Å². The first-order valence-corrected chi connectivity index (χ1v) is 13.0. The molecule has 0 aliphatic rings. The summed E-state index contributed by atoms with van der Waals surface area (Å²) in [6, 6.07) is 8.14. The Bertz CT molecular complexity index is 1690. The number of rotatable bonds is 9. The Morgan fingerprint density at radius 1 is 0.977 bits per heavy atom. The molecule has 14 heteroatoms. The smallest absolute Gasteiger partial charge is 0.345 e. The van der Waals surface area contributed by atoms with Crippen molar-refractivity contribution in [2.24, 2.45) is 0 Å². The van der Waals surface area contributed by atoms with Crippen molar-refractivity contribution in [2.45, 2.75) is 39.0 Å². The number of amides is 2. The second-order valence-corrected chi connectivity index (χ2v) is 9.97. The number of anilines is 1. The van der Waals surface area contributed by atoms with Gasteiger partial charge in [-0.1, -0.05) is 18.5 Å². The average molecular weight is 620 g/mol. The molecule has 43 heavy (non-hydrogen) atoms. The molecule has 0 fully saturated rings. The second kappa shape index (κ2) is 12.7. The van der Waals surface area contributed by atoms with Crippen molar-refractivity contribution in [2.75, 3.05) is 5.32 Å². The predicted molar refractivity (Wildman–Crippen MR) is 147 cm³/mol. The number of ketones is 1. The molecule has 4 rings (SSSR count). The third-order valence-corrected chi connectivity index (χ3v) is 6.69. The van der Waals surface area contributed by atoms with E-state index >= 15 is 0 Å². The molecule has 2 aromatic heterocycles. The van der Waals surface area contributed by atoms with Crippen LogP contribution < -0.4 is 10.6 Å². The van der Waals surface area contributed by atoms with E-state index in [1.807, 2.05) is 0 Å². The molecule has 224 valence electrons. The minimum atomic E-state index is -4.94. The zero-order valence-corrected chi connectivity index (χ0v) is 23.4. The van der Waals surface area contributed by atoms with Gasteiger partial charge in [0.05, 0.1) is 17.8 Å². The summed E-state index contributed by atoms with van der Waals surface area (Å²) in [7, 11) is 0. The van der Waals surface area contributed by atoms with E-state index in [1.54, 1.807) is 19.1 Å². The van der Waals surface area contributed by atoms with E-state index in [2.05, 4.69) is 20.6 Å². The van der Waals surface area contributed by atoms with Crippen molar-refractivity contribution >= 4 is 35.0 Å². The van der Waals surface area contributed by atoms with Gasteiger partial charge in [-0.2, -0.15) is 13.2 Å². The zero-order chi connectivity index (χ0) is 31.5. The van der Waals surface area contributed by atoms with Gasteiger partial charge in [0.25, 0.3) is 11.8 Å². The van der Waals surface area contributed by atoms with E-state index in [0.717, 1.165) is 12.1 Å². The molecule has 0 saturated carbocycles. The molecule has 0 unspecified atom stereocenters. The van der Waals surface area contributed by atoms with Crippen molar-refractivity contribution in [3.05, 3.63) is 111 Å². The van der Waals surface area contributed by atoms with Crippen LogP contribution in [0.2, 0.25) is 5.02 Å². The largest absolute Gasteiger partial charge is 0.416 e. The maximum absolute atomic E-state index is 14.2. The number of alkyl halides is 3. The Labute approximate surface area is 246 Å². The van der Waals surface area contributed by atoms with Gasteiger partial charge in [-0.25, -0.2) is 13.8 Å². The van der Waals surface area contributed by atoms with Crippen molar-refractivity contribution in [1.82, 2.24) is 19.9 Å². The van der Waals surface area contributed by atoms with Crippen LogP contribution in [-0.2, 0) is 24.1 Å². The molecule has 0 radical (unpaired) electrons. The summed E-state index contributed by atoms with van der Waals surface area (Å²) >= 11 is 6.33. The lowest BCUT2D eigenvalue weighted by molar-refractivity contribution is -0.137. The summed E-state index contributed by atoms with van der Waals surface area (Å²) in [5, 5.41) is 5.11. The van der Waals surface area contributed by atoms with E-state index in [-0.39, 0.29) is 40.5 Å². The Hall–Kier alpha value is -4.65. The van der Waals surface area contributed by atoms with Crippen molar-refractivity contribution in [1.29, 1.82) is 0 Å². The maximum atomic E-state index is 14.2. The Kier molecular flexibility index (Phi) is 9.24. The number of carbonyl (C=O) groups is 3. The Morgan fingerprint density at radius 3 is 2.33 bits per heavy atom. The van der Waals surface area contributed by atoms with Gasteiger partial charge in [-0.15, -0.1) is 0 Å². The number of carbonyl (C=O) groups excluding carboxylic acids is 3. The van der Waals surface area contributed by atoms with Crippen molar-refractivity contribution in [3.63, 3.8) is 0 Å². The number of nitrogens with zero attached hydrogens (tertiary/aromatic N) is 3. The molecule has 8 nitrogen and oxygen atoms in total. The molecular formula is C29H23ClF5N5O3. The number of imidazole rings is 1. The SMILES string of the molecule is CC(=O)Cn1c(C(=O)NCc2ccncc2)nc(NC(=O)c2cc(F)cc(C(F)(F)F)c2)c1[C@@H](C)c1cc(F)ccc1Cl. The second-order valence-electron chi connectivity index (χ2n) is 9.56. The number of hydrogen-bond acceptors (Lipinski definition) is 5. The van der Waals surface area contributed by atoms with Gasteiger partial charge in [0.2, 0.25) is 5.82 Å². The molecule has 2 amide bonds. The van der Waals surface area contributed by atoms with Gasteiger partial charge in [0, 0.05) is 35.4 Å². The fourth-order valence-electron chi connectivity index (χ4n) is 4.37. The highest BCUT2D eigenvalue weighted by molar-refractivity contribution is 6.31. The van der Waals surface area contributed by atoms with Gasteiger partial charge in [0.1, 0.15) is 17.4 Å². The highest BCUT2D eigenvalue weighted by atomic mass is 35.5. The van der Waals surface area contributed by atoms with Crippen LogP contribution in [-0.4, -0.2) is 32.1 Å². The third-order valence-electron chi connectivity index (χ3n) is 6.35. The predicted octanol–water partition coefficient (Wildman–Crippen LogP) is 6.15. The normalized spacial score (nSPS) is 12.1. The molecule has 0 saturated heterocycles. The Morgan fingerprint density at radius 2 is 1.67 bits per heavy atom. The lowest BCUT2D eigenvalue weighted by Crippen LogP contribution is -2.28. The monoisotopic (exact) mass is 619 g/mol. The summed E-state index contributed by atoms with van der Waals surface area (Å²) in [5.41, 5.74) is -1.16. The van der Waals surface area contributed by atoms with Crippen LogP contribution in [0.1, 0.15) is 63.1 Å². The van der Waals surface area contributed by atoms with Crippen LogP contribution in [0.3, 0.4) is 0 Å². The van der Waals surface area contributed by atoms with Crippen LogP contribution in [0.5, 0.6) is 0 Å². The fraction of sp³-hybridized carbons (Fsp3) is 0.207. The lowest BCUT2D eigenvalue weighted by Gasteiger charge is -2.19. The van der Waals surface area contributed by atoms with E-state index in [0.29, 0.717) is 17.7 Å². The summed E-state index contributed by atoms with van der Waals surface area (Å²) < 4.78 is 69.4. The van der Waals surface area contributed by atoms with Crippen LogP contribution in [0.4, 0.5) is 27.8 Å². The lowest BCUT2D eigenvalue weighted by atomic mass is 9.96. The van der Waals surface area contributed by atoms with Crippen LogP contribution >= 0.6 is 11.6 Å². The minimum Gasteiger partial charge on any atom is -0.345 e. The molecule has 0 aliphatic carbocycles. The van der Waals surface area contributed by atoms with E-state index < -0.39 is 59.0 Å². The van der Waals surface area contributed by atoms with Crippen molar-refractivity contribution in [3.8, 4) is 0 Å². The van der Waals surface area contributed by atoms with Gasteiger partial charge in [-0.3, -0.25) is 19.4 Å². The van der Waals surface area contributed by atoms with Gasteiger partial charge >= 0.3 is 6.18 Å². The first-order valence-electron chi connectivity index (χ1n) is 12.7. The first-order chi connectivity index (χ1) is 20.2. The Balaban J connectivity index is 1.83. The number of benzene rings is 2. The fourth-order valence-corrected chi connectivity index (χ4v) is 4.65. The van der Waals surface area contributed by atoms with E-state index in [1.165, 1.54) is 30.0 Å². The molecule has 2 N–H and O–H groups in total. The van der Waals surface area contributed by atoms with Crippen molar-refractivity contribution < 1.29 is 36.3 Å². The summed E-state index contributed by atoms with van der Waals surface area (Å²) in [6.45, 7) is 2.42. The highest BCUT2D eigenvalue weighted by Gasteiger charge is 2.33. The number of hydrogen-bond donors (Lipinski definition) is 2. The van der Waals surface area contributed by atoms with E-state index in [4.69, 9.17) is 11.6 Å². The number of nitrogens with one attached hydrogen (secondary N) is 2. The summed E-state index contributed by atoms with van der Waals surface area (Å²) in [5.74, 6) is -5.89. The first kappa shape index (κ1) is 31.3. The molecule has 1 atom stereocenters. The van der Waals surface area contributed by atoms with Gasteiger partial charge in [0.15, 0.2) is 5.82 Å². The van der Waals surface area contributed by atoms with Gasteiger partial charge in [-0.05, 0) is 66.6 Å². The minimum absolute atomic E-state index is 0.0255. The summed E-state index contributed by atoms with van der Waals surface area (Å²) in [6.07, 6.45) is -1.90. The molecule has 2 aromatic carbocycles. The standard InChI is InChI=1S/C29H23ClF5N5O3/c1-15(41)14-40-24(16(2)22-12-20(31)3-4-23(22)30)25(38-26(40)28(43)37-13-17-5-7-36-8-6-17)39-27(42)18-9-19(29(33,34)35)11-21(32)10-18/h3-12,16H,13-14H2,1-2H3,(H,37,43)(H,39,42)/t16-/m0/s1. The van der Waals surface area contributed by atoms with Crippen LogP contribution in [0, 0.1) is 11.6 Å². The maximum Gasteiger partial charge on any atom is 0.416 e. The number of Topliss-reactive ketones (excluding diaryl/α,β-unsaturated/α-hetero) is 1. The third kappa shape index (κ3) is 7.41. The molecule has 0 aliphatic heterocycles.